The molecule has 1 atom stereocenters. The molecule has 0 radical (unpaired) electrons. The Morgan fingerprint density at radius 2 is 1.79 bits per heavy atom. The maximum atomic E-state index is 12.1. The number of hydrogen-bond acceptors (Lipinski definition) is 6. The van der Waals surface area contributed by atoms with Crippen molar-refractivity contribution in [2.24, 2.45) is 0 Å². The van der Waals surface area contributed by atoms with E-state index >= 15 is 0 Å². The molecular weight excluding hydrogens is 434 g/mol. The van der Waals surface area contributed by atoms with Gasteiger partial charge in [0, 0.05) is 17.2 Å². The van der Waals surface area contributed by atoms with Gasteiger partial charge in [0.15, 0.2) is 6.23 Å². The molecule has 1 aliphatic heterocycles. The third-order valence-corrected chi connectivity index (χ3v) is 6.46. The zero-order valence-corrected chi connectivity index (χ0v) is 20.1. The van der Waals surface area contributed by atoms with Crippen LogP contribution in [0.15, 0.2) is 71.3 Å². The molecule has 6 heteroatoms. The van der Waals surface area contributed by atoms with Crippen LogP contribution in [0, 0.1) is 0 Å². The number of carbonyl (C=O) groups excluding carboxylic acids is 1. The predicted octanol–water partition coefficient (Wildman–Crippen LogP) is 6.12. The Labute approximate surface area is 199 Å². The van der Waals surface area contributed by atoms with Crippen molar-refractivity contribution in [2.45, 2.75) is 31.9 Å². The third-order valence-electron chi connectivity index (χ3n) is 5.42. The van der Waals surface area contributed by atoms with Crippen molar-refractivity contribution in [2.75, 3.05) is 30.4 Å². The van der Waals surface area contributed by atoms with Gasteiger partial charge in [-0.2, -0.15) is 0 Å². The monoisotopic (exact) mass is 463 g/mol. The zero-order chi connectivity index (χ0) is 23.2. The van der Waals surface area contributed by atoms with Gasteiger partial charge in [0.05, 0.1) is 18.9 Å². The highest BCUT2D eigenvalue weighted by Crippen LogP contribution is 2.36. The van der Waals surface area contributed by atoms with Crippen molar-refractivity contribution >= 4 is 40.3 Å². The molecule has 1 aliphatic rings. The lowest BCUT2D eigenvalue weighted by molar-refractivity contribution is -0.142. The summed E-state index contributed by atoms with van der Waals surface area (Å²) in [4.78, 5) is 15.7. The minimum absolute atomic E-state index is 0.0787. The van der Waals surface area contributed by atoms with Gasteiger partial charge < -0.3 is 19.1 Å². The number of nitrogens with zero attached hydrogens (tertiary/aromatic N) is 1. The maximum absolute atomic E-state index is 12.1. The zero-order valence-electron chi connectivity index (χ0n) is 19.2. The highest BCUT2D eigenvalue weighted by Gasteiger charge is 2.22. The van der Waals surface area contributed by atoms with E-state index in [0.717, 1.165) is 34.4 Å². The van der Waals surface area contributed by atoms with E-state index in [1.54, 1.807) is 13.0 Å². The standard InChI is InChI=1S/C27H29NO4S/c1-4-30-25(27(29)31-5-2)17-20-10-11-22-18-23(13-12-21(22)16-20)32-19(3)28-14-15-33-26-9-7-6-8-24(26)28/h6-13,16-19H,4-5,14-15H2,1-3H3/b25-17-. The summed E-state index contributed by atoms with van der Waals surface area (Å²) in [5.74, 6) is 1.65. The van der Waals surface area contributed by atoms with Gasteiger partial charge in [-0.05, 0) is 73.5 Å². The number of ether oxygens (including phenoxy) is 3. The molecule has 1 unspecified atom stereocenters. The first kappa shape index (κ1) is 23.1. The van der Waals surface area contributed by atoms with Crippen LogP contribution in [0.2, 0.25) is 0 Å². The summed E-state index contributed by atoms with van der Waals surface area (Å²) in [6.07, 6.45) is 1.64. The molecule has 0 aliphatic carbocycles. The molecule has 5 nitrogen and oxygen atoms in total. The lowest BCUT2D eigenvalue weighted by Crippen LogP contribution is -2.40. The van der Waals surface area contributed by atoms with E-state index in [0.29, 0.717) is 13.2 Å². The largest absolute Gasteiger partial charge is 0.487 e. The Kier molecular flexibility index (Phi) is 7.45. The van der Waals surface area contributed by atoms with Crippen LogP contribution in [0.3, 0.4) is 0 Å². The third kappa shape index (κ3) is 5.45. The molecule has 3 aromatic carbocycles. The van der Waals surface area contributed by atoms with Crippen molar-refractivity contribution in [3.05, 3.63) is 72.0 Å². The lowest BCUT2D eigenvalue weighted by Gasteiger charge is -2.35. The number of anilines is 1. The lowest BCUT2D eigenvalue weighted by atomic mass is 10.1. The molecule has 4 rings (SSSR count). The Bertz CT molecular complexity index is 1160. The Balaban J connectivity index is 1.52. The van der Waals surface area contributed by atoms with Gasteiger partial charge in [-0.3, -0.25) is 0 Å². The molecule has 33 heavy (non-hydrogen) atoms. The minimum Gasteiger partial charge on any atom is -0.487 e. The molecule has 1 heterocycles. The first-order valence-electron chi connectivity index (χ1n) is 11.3. The molecule has 172 valence electrons. The van der Waals surface area contributed by atoms with Gasteiger partial charge in [0.25, 0.3) is 0 Å². The summed E-state index contributed by atoms with van der Waals surface area (Å²) in [5, 5.41) is 2.13. The Morgan fingerprint density at radius 3 is 2.61 bits per heavy atom. The number of esters is 1. The van der Waals surface area contributed by atoms with E-state index in [1.807, 2.05) is 49.0 Å². The van der Waals surface area contributed by atoms with E-state index < -0.39 is 5.97 Å². The van der Waals surface area contributed by atoms with Crippen molar-refractivity contribution in [3.8, 4) is 5.75 Å². The van der Waals surface area contributed by atoms with Gasteiger partial charge in [-0.15, -0.1) is 11.8 Å². The minimum atomic E-state index is -0.449. The van der Waals surface area contributed by atoms with Crippen molar-refractivity contribution in [3.63, 3.8) is 0 Å². The summed E-state index contributed by atoms with van der Waals surface area (Å²) >= 11 is 1.89. The number of benzene rings is 3. The molecule has 0 spiro atoms. The molecule has 0 saturated heterocycles. The van der Waals surface area contributed by atoms with Crippen molar-refractivity contribution in [1.29, 1.82) is 0 Å². The highest BCUT2D eigenvalue weighted by molar-refractivity contribution is 7.99. The van der Waals surface area contributed by atoms with E-state index in [-0.39, 0.29) is 12.0 Å². The number of thioether (sulfide) groups is 1. The molecular formula is C27H29NO4S. The summed E-state index contributed by atoms with van der Waals surface area (Å²) in [7, 11) is 0. The van der Waals surface area contributed by atoms with Crippen LogP contribution in [0.25, 0.3) is 16.8 Å². The molecule has 0 saturated carbocycles. The highest BCUT2D eigenvalue weighted by atomic mass is 32.2. The number of hydrogen-bond donors (Lipinski definition) is 0. The van der Waals surface area contributed by atoms with Crippen LogP contribution in [-0.4, -0.2) is 37.7 Å². The summed E-state index contributed by atoms with van der Waals surface area (Å²) in [6.45, 7) is 7.38. The van der Waals surface area contributed by atoms with E-state index in [1.165, 1.54) is 10.6 Å². The molecule has 0 fully saturated rings. The summed E-state index contributed by atoms with van der Waals surface area (Å²) in [5.41, 5.74) is 2.11. The maximum Gasteiger partial charge on any atom is 0.373 e. The second-order valence-corrected chi connectivity index (χ2v) is 8.79. The average molecular weight is 464 g/mol. The fourth-order valence-electron chi connectivity index (χ4n) is 3.90. The first-order chi connectivity index (χ1) is 16.1. The molecule has 0 amide bonds. The smallest absolute Gasteiger partial charge is 0.373 e. The Hall–Kier alpha value is -3.12. The van der Waals surface area contributed by atoms with Crippen LogP contribution in [0.5, 0.6) is 5.75 Å². The van der Waals surface area contributed by atoms with Crippen LogP contribution >= 0.6 is 11.8 Å². The Morgan fingerprint density at radius 1 is 1.03 bits per heavy atom. The van der Waals surface area contributed by atoms with Gasteiger partial charge in [-0.25, -0.2) is 4.79 Å². The molecule has 3 aromatic rings. The SMILES string of the molecule is CCOC(=O)/C(=C/c1ccc2cc(OC(C)N3CCSc4ccccc43)ccc2c1)OCC. The first-order valence-corrected chi connectivity index (χ1v) is 12.3. The predicted molar refractivity (Wildman–Crippen MR) is 135 cm³/mol. The van der Waals surface area contributed by atoms with Crippen molar-refractivity contribution in [1.82, 2.24) is 0 Å². The molecule has 0 aromatic heterocycles. The van der Waals surface area contributed by atoms with Crippen molar-refractivity contribution < 1.29 is 19.0 Å². The van der Waals surface area contributed by atoms with E-state index in [2.05, 4.69) is 42.2 Å². The van der Waals surface area contributed by atoms with E-state index in [9.17, 15) is 4.79 Å². The fourth-order valence-corrected chi connectivity index (χ4v) is 4.92. The number of carbonyl (C=O) groups is 1. The van der Waals surface area contributed by atoms with E-state index in [4.69, 9.17) is 14.2 Å². The van der Waals surface area contributed by atoms with Gasteiger partial charge in [0.1, 0.15) is 5.75 Å². The molecule has 0 N–H and O–H groups in total. The number of rotatable bonds is 8. The van der Waals surface area contributed by atoms with Gasteiger partial charge in [-0.1, -0.05) is 30.3 Å². The number of fused-ring (bicyclic) bond motifs is 2. The van der Waals surface area contributed by atoms with Crippen LogP contribution in [0.1, 0.15) is 26.3 Å². The summed E-state index contributed by atoms with van der Waals surface area (Å²) in [6, 6.07) is 20.6. The topological polar surface area (TPSA) is 48.0 Å². The van der Waals surface area contributed by atoms with Crippen LogP contribution < -0.4 is 9.64 Å². The quantitative estimate of drug-likeness (QED) is 0.228. The second kappa shape index (κ2) is 10.7. The van der Waals surface area contributed by atoms with Gasteiger partial charge in [0.2, 0.25) is 5.76 Å². The van der Waals surface area contributed by atoms with Gasteiger partial charge >= 0.3 is 5.97 Å². The van der Waals surface area contributed by atoms with Crippen LogP contribution in [0.4, 0.5) is 5.69 Å². The fraction of sp³-hybridized carbons (Fsp3) is 0.296. The molecule has 0 bridgehead atoms. The number of para-hydroxylation sites is 1. The summed E-state index contributed by atoms with van der Waals surface area (Å²) < 4.78 is 16.9. The normalized spacial score (nSPS) is 14.5. The van der Waals surface area contributed by atoms with Crippen LogP contribution in [-0.2, 0) is 14.3 Å². The second-order valence-electron chi connectivity index (χ2n) is 7.66. The average Bonchev–Trinajstić information content (AvgIpc) is 2.83.